The quantitative estimate of drug-likeness (QED) is 0.444. The second-order valence-corrected chi connectivity index (χ2v) is 1.81. The van der Waals surface area contributed by atoms with Gasteiger partial charge in [0.15, 0.2) is 5.49 Å². The molecule has 0 aromatic carbocycles. The van der Waals surface area contributed by atoms with Crippen LogP contribution in [0.15, 0.2) is 12.3 Å². The average Bonchev–Trinajstić information content (AvgIpc) is 1.82. The summed E-state index contributed by atoms with van der Waals surface area (Å²) in [5.74, 6) is -0.670. The third-order valence-electron chi connectivity index (χ3n) is 1.04. The Bertz CT molecular complexity index is 280. The lowest BCUT2D eigenvalue weighted by molar-refractivity contribution is 0.167. The molecule has 0 amide bonds. The second-order valence-electron chi connectivity index (χ2n) is 1.81. The highest BCUT2D eigenvalue weighted by Crippen LogP contribution is 1.96. The van der Waals surface area contributed by atoms with Crippen LogP contribution in [-0.2, 0) is 0 Å². The molecule has 0 bridgehead atoms. The Kier molecular flexibility index (Phi) is 1.33. The number of halogens is 1. The Labute approximate surface area is 55.8 Å². The molecule has 54 valence electrons. The summed E-state index contributed by atoms with van der Waals surface area (Å²) >= 11 is 0. The summed E-state index contributed by atoms with van der Waals surface area (Å²) in [6.45, 7) is 0. The third kappa shape index (κ3) is 0.928. The topological polar surface area (TPSA) is 75.0 Å². The first-order valence-corrected chi connectivity index (χ1v) is 2.53. The van der Waals surface area contributed by atoms with Gasteiger partial charge in [-0.05, 0) is 0 Å². The van der Waals surface area contributed by atoms with E-state index in [9.17, 15) is 4.39 Å². The molecule has 0 unspecified atom stereocenters. The second kappa shape index (κ2) is 2.02. The van der Waals surface area contributed by atoms with Gasteiger partial charge in [0.05, 0.1) is 11.9 Å². The van der Waals surface area contributed by atoms with E-state index in [0.717, 1.165) is 12.3 Å². The monoisotopic (exact) mass is 143 g/mol. The van der Waals surface area contributed by atoms with Gasteiger partial charge in [0.1, 0.15) is 5.82 Å². The average molecular weight is 143 g/mol. The van der Waals surface area contributed by atoms with Gasteiger partial charge in [0.2, 0.25) is 0 Å². The van der Waals surface area contributed by atoms with Gasteiger partial charge in [-0.25, -0.2) is 4.39 Å². The van der Waals surface area contributed by atoms with Crippen LogP contribution in [0.2, 0.25) is 0 Å². The van der Waals surface area contributed by atoms with Crippen molar-refractivity contribution in [2.45, 2.75) is 0 Å². The summed E-state index contributed by atoms with van der Waals surface area (Å²) in [6.07, 6.45) is 0.763. The van der Waals surface area contributed by atoms with Crippen LogP contribution in [-0.4, -0.2) is 9.94 Å². The van der Waals surface area contributed by atoms with Crippen LogP contribution in [0.1, 0.15) is 0 Å². The molecule has 1 aromatic rings. The van der Waals surface area contributed by atoms with Crippen LogP contribution < -0.4 is 11.2 Å². The van der Waals surface area contributed by atoms with E-state index < -0.39 is 5.82 Å². The Hall–Kier alpha value is -1.52. The predicted molar refractivity (Wildman–Crippen MR) is 31.8 cm³/mol. The predicted octanol–water partition coefficient (Wildman–Crippen LogP) is -0.0738. The van der Waals surface area contributed by atoms with Gasteiger partial charge in [-0.1, -0.05) is 0 Å². The number of pyridine rings is 1. The highest BCUT2D eigenvalue weighted by atomic mass is 19.1. The first-order valence-electron chi connectivity index (χ1n) is 2.53. The number of hydrogen-bond acceptors (Lipinski definition) is 3. The molecule has 1 heterocycles. The van der Waals surface area contributed by atoms with Crippen molar-refractivity contribution >= 4 is 5.69 Å². The fourth-order valence-electron chi connectivity index (χ4n) is 0.568. The summed E-state index contributed by atoms with van der Waals surface area (Å²) in [7, 11) is 0. The molecule has 0 aliphatic carbocycles. The molecule has 0 saturated carbocycles. The van der Waals surface area contributed by atoms with Gasteiger partial charge in [0.25, 0.3) is 0 Å². The fraction of sp³-hybridized carbons (Fsp3) is 0. The van der Waals surface area contributed by atoms with Gasteiger partial charge in [-0.2, -0.15) is 4.73 Å². The smallest absolute Gasteiger partial charge is 0.183 e. The zero-order valence-electron chi connectivity index (χ0n) is 5.00. The minimum atomic E-state index is -0.670. The molecule has 0 radical (unpaired) electrons. The Morgan fingerprint density at radius 1 is 1.70 bits per heavy atom. The number of nitrogens with two attached hydrogens (primary N) is 1. The van der Waals surface area contributed by atoms with E-state index in [1.807, 2.05) is 0 Å². The van der Waals surface area contributed by atoms with Crippen LogP contribution in [0.4, 0.5) is 10.1 Å². The van der Waals surface area contributed by atoms with E-state index in [1.54, 1.807) is 0 Å². The Balaban J connectivity index is 3.46. The number of nitrogens with one attached hydrogen (secondary N) is 1. The van der Waals surface area contributed by atoms with Crippen molar-refractivity contribution in [3.05, 3.63) is 23.6 Å². The maximum Gasteiger partial charge on any atom is 0.183 e. The molecule has 0 aliphatic heterocycles. The van der Waals surface area contributed by atoms with Gasteiger partial charge < -0.3 is 10.9 Å². The number of nitrogen functional groups attached to an aromatic ring is 1. The molecule has 1 aromatic heterocycles. The van der Waals surface area contributed by atoms with Gasteiger partial charge in [0, 0.05) is 6.07 Å². The molecule has 1 rings (SSSR count). The van der Waals surface area contributed by atoms with Crippen LogP contribution in [0.25, 0.3) is 0 Å². The minimum Gasteiger partial charge on any atom is -0.427 e. The lowest BCUT2D eigenvalue weighted by Gasteiger charge is -1.98. The van der Waals surface area contributed by atoms with Crippen molar-refractivity contribution in [3.63, 3.8) is 0 Å². The molecule has 0 spiro atoms. The molecule has 5 heteroatoms. The highest BCUT2D eigenvalue weighted by molar-refractivity contribution is 5.32. The van der Waals surface area contributed by atoms with Gasteiger partial charge >= 0.3 is 0 Å². The summed E-state index contributed by atoms with van der Waals surface area (Å²) in [6, 6.07) is 0.967. The molecule has 10 heavy (non-hydrogen) atoms. The zero-order valence-corrected chi connectivity index (χ0v) is 5.00. The molecule has 0 atom stereocenters. The van der Waals surface area contributed by atoms with Crippen molar-refractivity contribution in [3.8, 4) is 0 Å². The highest BCUT2D eigenvalue weighted by Gasteiger charge is 1.97. The lowest BCUT2D eigenvalue weighted by atomic mass is 10.4. The van der Waals surface area contributed by atoms with Crippen molar-refractivity contribution in [2.24, 2.45) is 0 Å². The van der Waals surface area contributed by atoms with Crippen molar-refractivity contribution in [2.75, 3.05) is 5.73 Å². The Morgan fingerprint density at radius 2 is 2.30 bits per heavy atom. The summed E-state index contributed by atoms with van der Waals surface area (Å²) < 4.78 is 12.6. The maximum atomic E-state index is 12.3. The number of rotatable bonds is 0. The first-order chi connectivity index (χ1) is 4.61. The normalized spacial score (nSPS) is 9.70. The molecular weight excluding hydrogens is 137 g/mol. The van der Waals surface area contributed by atoms with Crippen LogP contribution >= 0.6 is 0 Å². The third-order valence-corrected chi connectivity index (χ3v) is 1.04. The molecule has 4 N–H and O–H groups in total. The lowest BCUT2D eigenvalue weighted by Crippen LogP contribution is -2.20. The Morgan fingerprint density at radius 3 is 2.80 bits per heavy atom. The van der Waals surface area contributed by atoms with Crippen LogP contribution in [0.5, 0.6) is 0 Å². The van der Waals surface area contributed by atoms with E-state index >= 15 is 0 Å². The van der Waals surface area contributed by atoms with E-state index in [0.29, 0.717) is 4.73 Å². The van der Waals surface area contributed by atoms with Gasteiger partial charge in [-0.15, -0.1) is 0 Å². The molecular formula is C5H6FN3O. The SMILES string of the molecule is N=c1c(N)cc(F)cn1O. The number of hydrogen-bond donors (Lipinski definition) is 3. The minimum absolute atomic E-state index is 0.0949. The molecule has 4 nitrogen and oxygen atoms in total. The summed E-state index contributed by atoms with van der Waals surface area (Å²) in [4.78, 5) is 0. The number of nitrogens with zero attached hydrogens (tertiary/aromatic N) is 1. The van der Waals surface area contributed by atoms with Crippen molar-refractivity contribution in [1.29, 1.82) is 5.41 Å². The van der Waals surface area contributed by atoms with Crippen LogP contribution in [0.3, 0.4) is 0 Å². The first kappa shape index (κ1) is 6.60. The van der Waals surface area contributed by atoms with E-state index in [-0.39, 0.29) is 11.2 Å². The molecule has 0 saturated heterocycles. The largest absolute Gasteiger partial charge is 0.427 e. The summed E-state index contributed by atoms with van der Waals surface area (Å²) in [5, 5.41) is 15.7. The van der Waals surface area contributed by atoms with E-state index in [2.05, 4.69) is 0 Å². The molecule has 0 fully saturated rings. The molecule has 0 aliphatic rings. The zero-order chi connectivity index (χ0) is 7.72. The standard InChI is InChI=1S/C5H6FN3O/c6-3-1-4(7)5(8)9(10)2-3/h1-2,8,10H,7H2. The van der Waals surface area contributed by atoms with E-state index in [1.165, 1.54) is 0 Å². The number of anilines is 1. The van der Waals surface area contributed by atoms with Crippen molar-refractivity contribution < 1.29 is 9.60 Å². The van der Waals surface area contributed by atoms with E-state index in [4.69, 9.17) is 16.4 Å². The summed E-state index contributed by atoms with van der Waals surface area (Å²) in [5.41, 5.74) is 4.70. The van der Waals surface area contributed by atoms with Crippen molar-refractivity contribution in [1.82, 2.24) is 4.73 Å². The fourth-order valence-corrected chi connectivity index (χ4v) is 0.568. The van der Waals surface area contributed by atoms with Crippen LogP contribution in [0, 0.1) is 11.2 Å². The van der Waals surface area contributed by atoms with Gasteiger partial charge in [-0.3, -0.25) is 5.41 Å². The number of aromatic nitrogens is 1. The maximum absolute atomic E-state index is 12.3.